The molecule has 1 saturated carbocycles. The molecule has 2 aliphatic heterocycles. The van der Waals surface area contributed by atoms with Crippen molar-refractivity contribution < 1.29 is 18.9 Å². The van der Waals surface area contributed by atoms with E-state index in [-0.39, 0.29) is 18.0 Å². The Bertz CT molecular complexity index is 1200. The highest BCUT2D eigenvalue weighted by molar-refractivity contribution is 6.33. The highest BCUT2D eigenvalue weighted by Crippen LogP contribution is 2.39. The third-order valence-electron chi connectivity index (χ3n) is 6.21. The summed E-state index contributed by atoms with van der Waals surface area (Å²) in [5, 5.41) is 9.28. The SMILES string of the molecule is COc1cccc2c1N=CC1C(=O)N(c3cccc(C#N)c3)C(=O)[N+](C3CCCC3)=C21. The van der Waals surface area contributed by atoms with Crippen LogP contribution in [-0.4, -0.2) is 41.6 Å². The molecule has 3 amide bonds. The third kappa shape index (κ3) is 2.95. The smallest absolute Gasteiger partial charge is 0.494 e. The summed E-state index contributed by atoms with van der Waals surface area (Å²) in [5.41, 5.74) is 2.87. The molecule has 0 spiro atoms. The van der Waals surface area contributed by atoms with Crippen LogP contribution in [0.4, 0.5) is 16.2 Å². The zero-order valence-corrected chi connectivity index (χ0v) is 17.1. The number of para-hydroxylation sites is 1. The Morgan fingerprint density at radius 1 is 1.16 bits per heavy atom. The molecule has 2 aromatic carbocycles. The number of nitriles is 1. The number of carbonyl (C=O) groups is 2. The van der Waals surface area contributed by atoms with Crippen LogP contribution in [0.5, 0.6) is 5.75 Å². The van der Waals surface area contributed by atoms with Gasteiger partial charge in [-0.25, -0.2) is 4.79 Å². The van der Waals surface area contributed by atoms with Crippen molar-refractivity contribution in [1.29, 1.82) is 5.26 Å². The first-order chi connectivity index (χ1) is 15.1. The summed E-state index contributed by atoms with van der Waals surface area (Å²) < 4.78 is 7.26. The van der Waals surface area contributed by atoms with Crippen molar-refractivity contribution in [2.24, 2.45) is 10.9 Å². The van der Waals surface area contributed by atoms with Crippen LogP contribution in [0, 0.1) is 17.2 Å². The molecule has 7 nitrogen and oxygen atoms in total. The number of amides is 3. The lowest BCUT2D eigenvalue weighted by molar-refractivity contribution is -0.470. The van der Waals surface area contributed by atoms with E-state index in [0.29, 0.717) is 28.4 Å². The van der Waals surface area contributed by atoms with E-state index in [0.717, 1.165) is 31.2 Å². The van der Waals surface area contributed by atoms with Crippen molar-refractivity contribution in [3.8, 4) is 11.8 Å². The van der Waals surface area contributed by atoms with Gasteiger partial charge in [-0.2, -0.15) is 14.6 Å². The molecule has 1 fully saturated rings. The van der Waals surface area contributed by atoms with Crippen molar-refractivity contribution in [3.05, 3.63) is 53.6 Å². The maximum Gasteiger partial charge on any atom is 0.506 e. The third-order valence-corrected chi connectivity index (χ3v) is 6.21. The fraction of sp³-hybridized carbons (Fsp3) is 0.292. The molecule has 5 rings (SSSR count). The second kappa shape index (κ2) is 7.47. The van der Waals surface area contributed by atoms with Crippen LogP contribution >= 0.6 is 0 Å². The highest BCUT2D eigenvalue weighted by atomic mass is 16.5. The topological polar surface area (TPSA) is 85.8 Å². The zero-order chi connectivity index (χ0) is 21.5. The normalized spacial score (nSPS) is 20.5. The molecule has 2 heterocycles. The number of aliphatic imine (C=N–C) groups is 1. The van der Waals surface area contributed by atoms with Gasteiger partial charge in [-0.3, -0.25) is 4.99 Å². The Balaban J connectivity index is 1.74. The average molecular weight is 413 g/mol. The predicted molar refractivity (Wildman–Crippen MR) is 115 cm³/mol. The van der Waals surface area contributed by atoms with Gasteiger partial charge in [0.05, 0.1) is 18.7 Å². The fourth-order valence-corrected chi connectivity index (χ4v) is 4.79. The van der Waals surface area contributed by atoms with Gasteiger partial charge in [0.25, 0.3) is 0 Å². The van der Waals surface area contributed by atoms with Gasteiger partial charge in [0.1, 0.15) is 28.9 Å². The molecule has 3 aliphatic rings. The largest absolute Gasteiger partial charge is 0.506 e. The first kappa shape index (κ1) is 19.2. The number of imide groups is 1. The Labute approximate surface area is 179 Å². The Morgan fingerprint density at radius 2 is 1.94 bits per heavy atom. The van der Waals surface area contributed by atoms with E-state index in [4.69, 9.17) is 4.74 Å². The van der Waals surface area contributed by atoms with E-state index in [1.54, 1.807) is 42.2 Å². The van der Waals surface area contributed by atoms with Crippen LogP contribution in [0.1, 0.15) is 36.8 Å². The minimum atomic E-state index is -0.677. The molecule has 31 heavy (non-hydrogen) atoms. The summed E-state index contributed by atoms with van der Waals surface area (Å²) in [7, 11) is 1.58. The van der Waals surface area contributed by atoms with Crippen molar-refractivity contribution >= 4 is 35.2 Å². The van der Waals surface area contributed by atoms with Crippen molar-refractivity contribution in [2.45, 2.75) is 31.7 Å². The number of urea groups is 1. The summed E-state index contributed by atoms with van der Waals surface area (Å²) in [4.78, 5) is 33.1. The van der Waals surface area contributed by atoms with E-state index in [9.17, 15) is 14.9 Å². The number of rotatable bonds is 3. The number of methoxy groups -OCH3 is 1. The minimum Gasteiger partial charge on any atom is -0.494 e. The molecule has 2 aromatic rings. The maximum absolute atomic E-state index is 13.8. The van der Waals surface area contributed by atoms with Gasteiger partial charge in [-0.05, 0) is 49.9 Å². The number of anilines is 1. The second-order valence-electron chi connectivity index (χ2n) is 7.92. The van der Waals surface area contributed by atoms with E-state index in [1.165, 1.54) is 4.90 Å². The van der Waals surface area contributed by atoms with Gasteiger partial charge in [-0.1, -0.05) is 12.1 Å². The summed E-state index contributed by atoms with van der Waals surface area (Å²) >= 11 is 0. The predicted octanol–water partition coefficient (Wildman–Crippen LogP) is 3.81. The molecular weight excluding hydrogens is 392 g/mol. The second-order valence-corrected chi connectivity index (χ2v) is 7.92. The molecule has 0 radical (unpaired) electrons. The molecule has 0 N–H and O–H groups in total. The van der Waals surface area contributed by atoms with E-state index in [2.05, 4.69) is 11.1 Å². The van der Waals surface area contributed by atoms with Gasteiger partial charge in [0, 0.05) is 17.8 Å². The van der Waals surface area contributed by atoms with Crippen molar-refractivity contribution in [2.75, 3.05) is 12.0 Å². The average Bonchev–Trinajstić information content (AvgIpc) is 3.33. The molecule has 1 unspecified atom stereocenters. The van der Waals surface area contributed by atoms with Crippen LogP contribution in [0.15, 0.2) is 47.5 Å². The van der Waals surface area contributed by atoms with Gasteiger partial charge in [0.2, 0.25) is 0 Å². The monoisotopic (exact) mass is 413 g/mol. The van der Waals surface area contributed by atoms with Crippen LogP contribution in [-0.2, 0) is 4.79 Å². The number of ether oxygens (including phenoxy) is 1. The molecular formula is C24H21N4O3+. The molecule has 7 heteroatoms. The molecule has 0 saturated heterocycles. The number of fused-ring (bicyclic) bond motifs is 3. The zero-order valence-electron chi connectivity index (χ0n) is 17.1. The number of hydrogen-bond acceptors (Lipinski definition) is 5. The van der Waals surface area contributed by atoms with Crippen molar-refractivity contribution in [1.82, 2.24) is 0 Å². The standard InChI is InChI=1S/C24H21N4O3/c1-31-20-11-5-10-18-21(20)26-14-19-22(18)27(16-7-2-3-8-16)24(30)28(23(19)29)17-9-4-6-15(12-17)13-25/h4-6,9-12,14,16,19H,2-3,7-8H2,1H3/q+1. The first-order valence-corrected chi connectivity index (χ1v) is 10.4. The lowest BCUT2D eigenvalue weighted by Gasteiger charge is -2.31. The first-order valence-electron chi connectivity index (χ1n) is 10.4. The van der Waals surface area contributed by atoms with Gasteiger partial charge in [0.15, 0.2) is 5.92 Å². The Kier molecular flexibility index (Phi) is 4.63. The van der Waals surface area contributed by atoms with Crippen molar-refractivity contribution in [3.63, 3.8) is 0 Å². The van der Waals surface area contributed by atoms with Crippen LogP contribution in [0.2, 0.25) is 0 Å². The summed E-state index contributed by atoms with van der Waals surface area (Å²) in [6, 6.07) is 13.9. The molecule has 0 bridgehead atoms. The van der Waals surface area contributed by atoms with Crippen LogP contribution in [0.3, 0.4) is 0 Å². The van der Waals surface area contributed by atoms with Crippen LogP contribution in [0.25, 0.3) is 0 Å². The quantitative estimate of drug-likeness (QED) is 0.716. The Morgan fingerprint density at radius 3 is 2.68 bits per heavy atom. The Hall–Kier alpha value is -3.79. The fourth-order valence-electron chi connectivity index (χ4n) is 4.79. The van der Waals surface area contributed by atoms with E-state index in [1.807, 2.05) is 18.2 Å². The number of nitrogens with zero attached hydrogens (tertiary/aromatic N) is 4. The van der Waals surface area contributed by atoms with Gasteiger partial charge in [-0.15, -0.1) is 4.90 Å². The van der Waals surface area contributed by atoms with Gasteiger partial charge >= 0.3 is 11.9 Å². The van der Waals surface area contributed by atoms with Gasteiger partial charge < -0.3 is 4.74 Å². The lowest BCUT2D eigenvalue weighted by Crippen LogP contribution is -2.58. The van der Waals surface area contributed by atoms with E-state index >= 15 is 0 Å². The molecule has 154 valence electrons. The maximum atomic E-state index is 13.8. The minimum absolute atomic E-state index is 0.0188. The molecule has 0 aromatic heterocycles. The summed E-state index contributed by atoms with van der Waals surface area (Å²) in [5.74, 6) is -0.430. The molecule has 1 aliphatic carbocycles. The van der Waals surface area contributed by atoms with E-state index < -0.39 is 5.92 Å². The summed E-state index contributed by atoms with van der Waals surface area (Å²) in [6.07, 6.45) is 5.47. The summed E-state index contributed by atoms with van der Waals surface area (Å²) in [6.45, 7) is 0. The number of carbonyl (C=O) groups excluding carboxylic acids is 2. The lowest BCUT2D eigenvalue weighted by atomic mass is 9.89. The number of hydrogen-bond donors (Lipinski definition) is 0. The van der Waals surface area contributed by atoms with Crippen LogP contribution < -0.4 is 9.64 Å². The highest BCUT2D eigenvalue weighted by Gasteiger charge is 2.52. The number of benzene rings is 2. The molecule has 1 atom stereocenters.